The number of amides is 2. The third-order valence-electron chi connectivity index (χ3n) is 2.43. The van der Waals surface area contributed by atoms with Crippen molar-refractivity contribution >= 4 is 39.2 Å². The van der Waals surface area contributed by atoms with Crippen molar-refractivity contribution in [3.8, 4) is 0 Å². The van der Waals surface area contributed by atoms with E-state index in [1.807, 2.05) is 0 Å². The highest BCUT2D eigenvalue weighted by Gasteiger charge is 2.38. The van der Waals surface area contributed by atoms with E-state index in [4.69, 9.17) is 5.73 Å². The number of carbonyl (C=O) groups excluding carboxylic acids is 2. The molecular formula is C10H10BrN3O2. The number of carbonyl (C=O) groups is 2. The van der Waals surface area contributed by atoms with Gasteiger partial charge in [0.2, 0.25) is 11.8 Å². The topological polar surface area (TPSA) is 76.3 Å². The highest BCUT2D eigenvalue weighted by Crippen LogP contribution is 2.31. The Balaban J connectivity index is 2.45. The Morgan fingerprint density at radius 3 is 2.75 bits per heavy atom. The van der Waals surface area contributed by atoms with E-state index in [0.717, 1.165) is 4.90 Å². The first-order chi connectivity index (χ1) is 7.50. The average Bonchev–Trinajstić information content (AvgIpc) is 2.43. The minimum absolute atomic E-state index is 0.219. The molecule has 1 unspecified atom stereocenters. The van der Waals surface area contributed by atoms with E-state index in [1.165, 1.54) is 6.20 Å². The largest absolute Gasteiger partial charge is 0.397 e. The van der Waals surface area contributed by atoms with Crippen LogP contribution in [0, 0.1) is 5.92 Å². The van der Waals surface area contributed by atoms with Crippen LogP contribution in [0.1, 0.15) is 13.3 Å². The van der Waals surface area contributed by atoms with Crippen LogP contribution in [0.4, 0.5) is 11.5 Å². The van der Waals surface area contributed by atoms with Crippen molar-refractivity contribution in [2.75, 3.05) is 10.6 Å². The highest BCUT2D eigenvalue weighted by molar-refractivity contribution is 9.10. The van der Waals surface area contributed by atoms with Crippen LogP contribution in [-0.2, 0) is 9.59 Å². The molecule has 0 spiro atoms. The van der Waals surface area contributed by atoms with Gasteiger partial charge >= 0.3 is 0 Å². The summed E-state index contributed by atoms with van der Waals surface area (Å²) >= 11 is 3.24. The molecule has 0 aromatic carbocycles. The number of aromatic nitrogens is 1. The van der Waals surface area contributed by atoms with Gasteiger partial charge in [0.1, 0.15) is 0 Å². The monoisotopic (exact) mass is 283 g/mol. The second-order valence-corrected chi connectivity index (χ2v) is 4.60. The van der Waals surface area contributed by atoms with Crippen molar-refractivity contribution in [3.05, 3.63) is 16.7 Å². The van der Waals surface area contributed by atoms with Crippen molar-refractivity contribution in [1.82, 2.24) is 4.98 Å². The summed E-state index contributed by atoms with van der Waals surface area (Å²) in [5.41, 5.74) is 6.02. The first kappa shape index (κ1) is 11.1. The van der Waals surface area contributed by atoms with E-state index >= 15 is 0 Å². The minimum Gasteiger partial charge on any atom is -0.397 e. The lowest BCUT2D eigenvalue weighted by molar-refractivity contribution is -0.122. The molecule has 1 atom stereocenters. The molecule has 2 N–H and O–H groups in total. The van der Waals surface area contributed by atoms with Gasteiger partial charge in [0, 0.05) is 12.3 Å². The molecule has 6 heteroatoms. The molecule has 2 amide bonds. The van der Waals surface area contributed by atoms with Crippen molar-refractivity contribution in [1.29, 1.82) is 0 Å². The molecule has 1 fully saturated rings. The van der Waals surface area contributed by atoms with E-state index < -0.39 is 0 Å². The molecule has 0 saturated carbocycles. The maximum Gasteiger partial charge on any atom is 0.238 e. The Hall–Kier alpha value is -1.43. The van der Waals surface area contributed by atoms with E-state index in [-0.39, 0.29) is 24.2 Å². The Morgan fingerprint density at radius 1 is 1.56 bits per heavy atom. The van der Waals surface area contributed by atoms with E-state index in [2.05, 4.69) is 20.9 Å². The zero-order valence-electron chi connectivity index (χ0n) is 8.61. The van der Waals surface area contributed by atoms with E-state index in [0.29, 0.717) is 16.0 Å². The lowest BCUT2D eigenvalue weighted by atomic mass is 10.1. The highest BCUT2D eigenvalue weighted by atomic mass is 79.9. The number of hydrogen-bond donors (Lipinski definition) is 1. The molecule has 5 nitrogen and oxygen atoms in total. The number of nitrogens with zero attached hydrogens (tertiary/aromatic N) is 2. The van der Waals surface area contributed by atoms with Gasteiger partial charge in [0.15, 0.2) is 5.82 Å². The summed E-state index contributed by atoms with van der Waals surface area (Å²) in [5.74, 6) is -0.411. The Labute approximate surface area is 101 Å². The van der Waals surface area contributed by atoms with Gasteiger partial charge in [-0.05, 0) is 22.0 Å². The number of nitrogens with two attached hydrogens (primary N) is 1. The van der Waals surface area contributed by atoms with Gasteiger partial charge in [0.05, 0.1) is 16.4 Å². The van der Waals surface area contributed by atoms with Crippen molar-refractivity contribution in [3.63, 3.8) is 0 Å². The zero-order chi connectivity index (χ0) is 11.9. The van der Waals surface area contributed by atoms with Crippen LogP contribution >= 0.6 is 15.9 Å². The normalized spacial score (nSPS) is 20.6. The van der Waals surface area contributed by atoms with E-state index in [1.54, 1.807) is 13.0 Å². The maximum atomic E-state index is 11.8. The fraction of sp³-hybridized carbons (Fsp3) is 0.300. The van der Waals surface area contributed by atoms with Crippen LogP contribution in [-0.4, -0.2) is 16.8 Å². The minimum atomic E-state index is -0.279. The molecule has 1 aromatic rings. The Kier molecular flexibility index (Phi) is 2.67. The standard InChI is InChI=1S/C10H10BrN3O2/c1-5-2-8(15)14(10(5)16)9-7(11)3-6(12)4-13-9/h3-5H,2,12H2,1H3. The molecule has 1 aromatic heterocycles. The van der Waals surface area contributed by atoms with Gasteiger partial charge in [-0.1, -0.05) is 6.92 Å². The van der Waals surface area contributed by atoms with Crippen LogP contribution < -0.4 is 10.6 Å². The molecule has 2 heterocycles. The Bertz CT molecular complexity index is 475. The third-order valence-corrected chi connectivity index (χ3v) is 3.01. The number of nitrogen functional groups attached to an aromatic ring is 1. The number of hydrogen-bond acceptors (Lipinski definition) is 4. The van der Waals surface area contributed by atoms with Crippen molar-refractivity contribution in [2.24, 2.45) is 5.92 Å². The first-order valence-corrected chi connectivity index (χ1v) is 5.58. The molecular weight excluding hydrogens is 274 g/mol. The summed E-state index contributed by atoms with van der Waals surface area (Å²) in [5, 5.41) is 0. The van der Waals surface area contributed by atoms with Gasteiger partial charge in [-0.15, -0.1) is 0 Å². The zero-order valence-corrected chi connectivity index (χ0v) is 10.2. The lowest BCUT2D eigenvalue weighted by Crippen LogP contribution is -2.31. The second kappa shape index (κ2) is 3.86. The Morgan fingerprint density at radius 2 is 2.25 bits per heavy atom. The van der Waals surface area contributed by atoms with Crippen LogP contribution in [0.15, 0.2) is 16.7 Å². The van der Waals surface area contributed by atoms with Crippen LogP contribution in [0.25, 0.3) is 0 Å². The molecule has 0 radical (unpaired) electrons. The van der Waals surface area contributed by atoms with Crippen molar-refractivity contribution < 1.29 is 9.59 Å². The second-order valence-electron chi connectivity index (χ2n) is 3.75. The predicted molar refractivity (Wildman–Crippen MR) is 62.6 cm³/mol. The molecule has 1 aliphatic heterocycles. The molecule has 0 bridgehead atoms. The number of imide groups is 1. The molecule has 0 aliphatic carbocycles. The van der Waals surface area contributed by atoms with Crippen molar-refractivity contribution in [2.45, 2.75) is 13.3 Å². The van der Waals surface area contributed by atoms with Gasteiger partial charge in [-0.2, -0.15) is 0 Å². The summed E-state index contributed by atoms with van der Waals surface area (Å²) < 4.78 is 0.545. The quantitative estimate of drug-likeness (QED) is 0.789. The lowest BCUT2D eigenvalue weighted by Gasteiger charge is -2.14. The van der Waals surface area contributed by atoms with Gasteiger partial charge in [-0.3, -0.25) is 9.59 Å². The molecule has 1 aliphatic rings. The summed E-state index contributed by atoms with van der Waals surface area (Å²) in [6.07, 6.45) is 1.65. The SMILES string of the molecule is CC1CC(=O)N(c2ncc(N)cc2Br)C1=O. The van der Waals surface area contributed by atoms with Gasteiger partial charge in [0.25, 0.3) is 0 Å². The fourth-order valence-corrected chi connectivity index (χ4v) is 2.16. The molecule has 84 valence electrons. The molecule has 2 rings (SSSR count). The fourth-order valence-electron chi connectivity index (χ4n) is 1.62. The summed E-state index contributed by atoms with van der Waals surface area (Å²) in [4.78, 5) is 28.5. The molecule has 16 heavy (non-hydrogen) atoms. The van der Waals surface area contributed by atoms with Crippen LogP contribution in [0.3, 0.4) is 0 Å². The summed E-state index contributed by atoms with van der Waals surface area (Å²) in [6, 6.07) is 1.62. The maximum absolute atomic E-state index is 11.8. The third kappa shape index (κ3) is 1.69. The number of rotatable bonds is 1. The van der Waals surface area contributed by atoms with Gasteiger partial charge < -0.3 is 5.73 Å². The predicted octanol–water partition coefficient (Wildman–Crippen LogP) is 1.33. The number of anilines is 2. The number of halogens is 1. The summed E-state index contributed by atoms with van der Waals surface area (Å²) in [6.45, 7) is 1.73. The van der Waals surface area contributed by atoms with Crippen LogP contribution in [0.2, 0.25) is 0 Å². The average molecular weight is 284 g/mol. The smallest absolute Gasteiger partial charge is 0.238 e. The molecule has 1 saturated heterocycles. The van der Waals surface area contributed by atoms with Crippen LogP contribution in [0.5, 0.6) is 0 Å². The number of pyridine rings is 1. The van der Waals surface area contributed by atoms with E-state index in [9.17, 15) is 9.59 Å². The summed E-state index contributed by atoms with van der Waals surface area (Å²) in [7, 11) is 0. The first-order valence-electron chi connectivity index (χ1n) is 4.78. The van der Waals surface area contributed by atoms with Gasteiger partial charge in [-0.25, -0.2) is 9.88 Å².